The van der Waals surface area contributed by atoms with E-state index in [0.29, 0.717) is 55.2 Å². The van der Waals surface area contributed by atoms with E-state index >= 15 is 0 Å². The molecule has 0 radical (unpaired) electrons. The Morgan fingerprint density at radius 3 is 0.534 bits per heavy atom. The molecule has 0 bridgehead atoms. The Hall–Kier alpha value is -3.07. The average molecular weight is 1520 g/mol. The molecule has 0 saturated carbocycles. The van der Waals surface area contributed by atoms with Gasteiger partial charge in [0.05, 0.1) is 76.2 Å². The van der Waals surface area contributed by atoms with Crippen LogP contribution in [0.25, 0.3) is 0 Å². The normalized spacial score (nSPS) is 12.9. The fourth-order valence-corrected chi connectivity index (χ4v) is 13.5. The SMILES string of the molecule is CCCCCCCCCCCCCCCCOP(=O)([O-])OCCCCOC(=O)c1ccccc1.CCCCCCCCCCCCCCCCOP(=O)([O-])OCCCCOC(=O)c1ccccc1.CCCCCCCCCCCCCCCCOP(=O)([O-])OCCCCOC(=O)c1ccccc1.[Al+3]. The van der Waals surface area contributed by atoms with Gasteiger partial charge >= 0.3 is 35.3 Å². The first kappa shape index (κ1) is 99.9. The van der Waals surface area contributed by atoms with Crippen LogP contribution in [0.5, 0.6) is 0 Å². The zero-order valence-electron chi connectivity index (χ0n) is 64.2. The summed E-state index contributed by atoms with van der Waals surface area (Å²) in [6.07, 6.45) is 55.5. The zero-order valence-corrected chi connectivity index (χ0v) is 68.1. The van der Waals surface area contributed by atoms with E-state index in [1.54, 1.807) is 72.8 Å². The summed E-state index contributed by atoms with van der Waals surface area (Å²) in [6.45, 7) is 8.04. The van der Waals surface area contributed by atoms with Crippen molar-refractivity contribution in [3.8, 4) is 0 Å². The van der Waals surface area contributed by atoms with Crippen LogP contribution in [0.1, 0.15) is 360 Å². The molecule has 0 N–H and O–H groups in total. The van der Waals surface area contributed by atoms with Crippen LogP contribution in [-0.4, -0.2) is 94.7 Å². The third kappa shape index (κ3) is 68.0. The second-order valence-electron chi connectivity index (χ2n) is 26.8. The van der Waals surface area contributed by atoms with Gasteiger partial charge in [-0.25, -0.2) is 14.4 Å². The summed E-state index contributed by atoms with van der Waals surface area (Å²) in [5.41, 5.74) is 1.50. The summed E-state index contributed by atoms with van der Waals surface area (Å²) in [5.74, 6) is -1.15. The Kier molecular flexibility index (Phi) is 70.9. The van der Waals surface area contributed by atoms with Gasteiger partial charge < -0.3 is 56.0 Å². The molecule has 3 aromatic carbocycles. The van der Waals surface area contributed by atoms with Crippen molar-refractivity contribution in [2.75, 3.05) is 59.5 Å². The van der Waals surface area contributed by atoms with E-state index in [2.05, 4.69) is 20.8 Å². The molecular formula is C81H138AlO18P3. The maximum Gasteiger partial charge on any atom is 3.00 e. The van der Waals surface area contributed by atoms with Crippen LogP contribution in [0.3, 0.4) is 0 Å². The van der Waals surface area contributed by atoms with Gasteiger partial charge in [-0.15, -0.1) is 0 Å². The van der Waals surface area contributed by atoms with E-state index in [1.165, 1.54) is 212 Å². The molecule has 588 valence electrons. The summed E-state index contributed by atoms with van der Waals surface area (Å²) in [4.78, 5) is 70.7. The molecule has 0 amide bonds. The minimum absolute atomic E-state index is 0. The number of carbonyl (C=O) groups excluding carboxylic acids is 3. The van der Waals surface area contributed by atoms with Crippen LogP contribution < -0.4 is 14.7 Å². The molecule has 0 aromatic heterocycles. The number of phosphoric acid groups is 3. The van der Waals surface area contributed by atoms with E-state index in [-0.39, 0.29) is 94.7 Å². The molecule has 3 rings (SSSR count). The van der Waals surface area contributed by atoms with Gasteiger partial charge in [-0.1, -0.05) is 326 Å². The fourth-order valence-electron chi connectivity index (χ4n) is 11.1. The maximum absolute atomic E-state index is 11.8. The first-order valence-corrected chi connectivity index (χ1v) is 44.5. The predicted octanol–water partition coefficient (Wildman–Crippen LogP) is 22.4. The molecule has 22 heteroatoms. The van der Waals surface area contributed by atoms with Crippen LogP contribution in [0.4, 0.5) is 0 Å². The fraction of sp³-hybridized carbons (Fsp3) is 0.741. The Bertz CT molecular complexity index is 2230. The van der Waals surface area contributed by atoms with Crippen LogP contribution in [-0.2, 0) is 55.0 Å². The van der Waals surface area contributed by atoms with Crippen LogP contribution in [0.15, 0.2) is 91.0 Å². The van der Waals surface area contributed by atoms with Crippen molar-refractivity contribution in [3.63, 3.8) is 0 Å². The van der Waals surface area contributed by atoms with Gasteiger partial charge in [0.25, 0.3) is 23.5 Å². The van der Waals surface area contributed by atoms with Crippen molar-refractivity contribution in [2.45, 2.75) is 329 Å². The van der Waals surface area contributed by atoms with Crippen LogP contribution >= 0.6 is 23.5 Å². The molecule has 0 aliphatic rings. The number of carbonyl (C=O) groups is 3. The molecule has 3 atom stereocenters. The average Bonchev–Trinajstić information content (AvgIpc) is 1.00. The van der Waals surface area contributed by atoms with Crippen molar-refractivity contribution >= 4 is 58.7 Å². The second kappa shape index (κ2) is 73.1. The maximum atomic E-state index is 11.8. The molecule has 103 heavy (non-hydrogen) atoms. The number of phosphoric ester groups is 3. The van der Waals surface area contributed by atoms with Crippen LogP contribution in [0.2, 0.25) is 0 Å². The molecular weight excluding hydrogens is 1380 g/mol. The zero-order chi connectivity index (χ0) is 74.2. The molecule has 3 unspecified atom stereocenters. The summed E-state index contributed by atoms with van der Waals surface area (Å²) in [7, 11) is -12.8. The van der Waals surface area contributed by atoms with Gasteiger partial charge in [-0.2, -0.15) is 0 Å². The first-order chi connectivity index (χ1) is 49.6. The standard InChI is InChI=1S/3C27H47O6P.Al/c3*1-2-3-4-5-6-7-8-9-10-11-12-13-14-18-24-32-34(29,30)33-25-20-19-23-31-27(28)26-21-16-15-17-22-26;/h3*15-17,21-22H,2-14,18-20,23-25H2,1H3,(H,29,30);/q;;;+3/p-3. The number of hydrogen-bond donors (Lipinski definition) is 0. The van der Waals surface area contributed by atoms with Crippen LogP contribution in [0, 0.1) is 0 Å². The largest absolute Gasteiger partial charge is 3.00 e. The van der Waals surface area contributed by atoms with E-state index in [9.17, 15) is 42.8 Å². The molecule has 0 saturated heterocycles. The third-order valence-corrected chi connectivity index (χ3v) is 20.3. The Morgan fingerprint density at radius 1 is 0.233 bits per heavy atom. The van der Waals surface area contributed by atoms with Gasteiger partial charge in [0.2, 0.25) is 0 Å². The van der Waals surface area contributed by atoms with Crippen molar-refractivity contribution in [2.24, 2.45) is 0 Å². The van der Waals surface area contributed by atoms with Gasteiger partial charge in [0, 0.05) is 0 Å². The smallest absolute Gasteiger partial charge is 0.756 e. The minimum atomic E-state index is -4.25. The van der Waals surface area contributed by atoms with Gasteiger partial charge in [-0.3, -0.25) is 13.7 Å². The van der Waals surface area contributed by atoms with Crippen molar-refractivity contribution in [3.05, 3.63) is 108 Å². The molecule has 3 aromatic rings. The Morgan fingerprint density at radius 2 is 0.369 bits per heavy atom. The summed E-state index contributed by atoms with van der Waals surface area (Å²) >= 11 is 0. The van der Waals surface area contributed by atoms with Gasteiger partial charge in [-0.05, 0) is 94.2 Å². The number of unbranched alkanes of at least 4 members (excludes halogenated alkanes) is 42. The third-order valence-electron chi connectivity index (χ3n) is 17.3. The minimum Gasteiger partial charge on any atom is -0.756 e. The van der Waals surface area contributed by atoms with Gasteiger partial charge in [0.1, 0.15) is 0 Å². The number of esters is 3. The number of hydrogen-bond acceptors (Lipinski definition) is 18. The molecule has 0 aliphatic carbocycles. The van der Waals surface area contributed by atoms with E-state index in [4.69, 9.17) is 41.4 Å². The predicted molar refractivity (Wildman–Crippen MR) is 413 cm³/mol. The quantitative estimate of drug-likeness (QED) is 0.0167. The summed E-state index contributed by atoms with van der Waals surface area (Å²) in [5, 5.41) is 0. The summed E-state index contributed by atoms with van der Waals surface area (Å²) < 4.78 is 80.2. The number of ether oxygens (including phenoxy) is 3. The molecule has 0 fully saturated rings. The van der Waals surface area contributed by atoms with Crippen molar-refractivity contribution in [1.82, 2.24) is 0 Å². The van der Waals surface area contributed by atoms with E-state index < -0.39 is 23.5 Å². The number of rotatable bonds is 69. The first-order valence-electron chi connectivity index (χ1n) is 40.1. The molecule has 0 aliphatic heterocycles. The summed E-state index contributed by atoms with van der Waals surface area (Å²) in [6, 6.07) is 26.3. The van der Waals surface area contributed by atoms with E-state index in [1.807, 2.05) is 18.2 Å². The number of benzene rings is 3. The van der Waals surface area contributed by atoms with Crippen molar-refractivity contribution < 1.29 is 84.1 Å². The monoisotopic (exact) mass is 1520 g/mol. The van der Waals surface area contributed by atoms with E-state index in [0.717, 1.165) is 57.8 Å². The molecule has 0 heterocycles. The van der Waals surface area contributed by atoms with Crippen molar-refractivity contribution in [1.29, 1.82) is 0 Å². The Labute approximate surface area is 635 Å². The second-order valence-corrected chi connectivity index (χ2v) is 31.0. The van der Waals surface area contributed by atoms with Gasteiger partial charge in [0.15, 0.2) is 0 Å². The Balaban J connectivity index is 0.00000151. The molecule has 0 spiro atoms. The topological polar surface area (TPSA) is 255 Å². The molecule has 18 nitrogen and oxygen atoms in total.